The molecule has 140 valence electrons. The topological polar surface area (TPSA) is 86.5 Å². The molecule has 0 bridgehead atoms. The molecule has 3 rings (SSSR count). The van der Waals surface area contributed by atoms with Crippen LogP contribution in [-0.4, -0.2) is 29.3 Å². The molecule has 27 heavy (non-hydrogen) atoms. The maximum Gasteiger partial charge on any atom is 0.261 e. The van der Waals surface area contributed by atoms with Gasteiger partial charge in [0.1, 0.15) is 0 Å². The summed E-state index contributed by atoms with van der Waals surface area (Å²) in [6, 6.07) is 15.0. The highest BCUT2D eigenvalue weighted by atomic mass is 16.5. The van der Waals surface area contributed by atoms with Crippen molar-refractivity contribution < 1.29 is 18.8 Å². The molecule has 2 aromatic carbocycles. The average molecular weight is 367 g/mol. The van der Waals surface area contributed by atoms with Crippen molar-refractivity contribution in [1.29, 1.82) is 0 Å². The number of hydrogen-bond donors (Lipinski definition) is 1. The Morgan fingerprint density at radius 1 is 1.15 bits per heavy atom. The van der Waals surface area contributed by atoms with Gasteiger partial charge in [-0.1, -0.05) is 47.1 Å². The molecule has 0 spiro atoms. The second-order valence-electron chi connectivity index (χ2n) is 6.01. The standard InChI is InChI=1S/C20H21N3O4/c1-13-8-10-15(11-9-13)19-22-18(27-23-19)12-21-20(24)14(2)26-17-7-5-4-6-16(17)25-3/h4-11,14H,12H2,1-3H3,(H,21,24)/t14-/m1/s1. The Bertz CT molecular complexity index is 906. The molecular weight excluding hydrogens is 346 g/mol. The zero-order valence-electron chi connectivity index (χ0n) is 15.4. The molecule has 0 aliphatic heterocycles. The van der Waals surface area contributed by atoms with E-state index >= 15 is 0 Å². The third-order valence-electron chi connectivity index (χ3n) is 3.93. The van der Waals surface area contributed by atoms with E-state index < -0.39 is 6.10 Å². The number of carbonyl (C=O) groups excluding carboxylic acids is 1. The van der Waals surface area contributed by atoms with Crippen LogP contribution >= 0.6 is 0 Å². The molecule has 7 heteroatoms. The van der Waals surface area contributed by atoms with Crippen LogP contribution < -0.4 is 14.8 Å². The van der Waals surface area contributed by atoms with E-state index in [1.54, 1.807) is 26.2 Å². The van der Waals surface area contributed by atoms with Crippen LogP contribution in [0.3, 0.4) is 0 Å². The third kappa shape index (κ3) is 4.63. The SMILES string of the molecule is COc1ccccc1O[C@H](C)C(=O)NCc1nc(-c2ccc(C)cc2)no1. The summed E-state index contributed by atoms with van der Waals surface area (Å²) in [5.41, 5.74) is 2.01. The minimum absolute atomic E-state index is 0.122. The van der Waals surface area contributed by atoms with Gasteiger partial charge in [-0.25, -0.2) is 0 Å². The van der Waals surface area contributed by atoms with Crippen LogP contribution in [0.15, 0.2) is 53.1 Å². The summed E-state index contributed by atoms with van der Waals surface area (Å²) < 4.78 is 16.1. The maximum absolute atomic E-state index is 12.3. The number of nitrogens with one attached hydrogen (secondary N) is 1. The zero-order chi connectivity index (χ0) is 19.2. The summed E-state index contributed by atoms with van der Waals surface area (Å²) in [6.07, 6.45) is -0.708. The van der Waals surface area contributed by atoms with Crippen LogP contribution in [0.4, 0.5) is 0 Å². The van der Waals surface area contributed by atoms with Gasteiger partial charge in [0.25, 0.3) is 5.91 Å². The van der Waals surface area contributed by atoms with Gasteiger partial charge in [-0.15, -0.1) is 0 Å². The van der Waals surface area contributed by atoms with E-state index in [0.717, 1.165) is 11.1 Å². The van der Waals surface area contributed by atoms with Crippen LogP contribution in [0.1, 0.15) is 18.4 Å². The summed E-state index contributed by atoms with van der Waals surface area (Å²) in [7, 11) is 1.55. The summed E-state index contributed by atoms with van der Waals surface area (Å²) in [6.45, 7) is 3.79. The highest BCUT2D eigenvalue weighted by molar-refractivity contribution is 5.80. The molecule has 7 nitrogen and oxygen atoms in total. The lowest BCUT2D eigenvalue weighted by atomic mass is 10.1. The van der Waals surface area contributed by atoms with Crippen molar-refractivity contribution in [3.8, 4) is 22.9 Å². The molecule has 0 unspecified atom stereocenters. The Morgan fingerprint density at radius 3 is 2.56 bits per heavy atom. The minimum Gasteiger partial charge on any atom is -0.493 e. The fourth-order valence-corrected chi connectivity index (χ4v) is 2.41. The number of para-hydroxylation sites is 2. The van der Waals surface area contributed by atoms with Crippen molar-refractivity contribution in [2.45, 2.75) is 26.5 Å². The first-order valence-electron chi connectivity index (χ1n) is 8.54. The lowest BCUT2D eigenvalue weighted by Crippen LogP contribution is -2.36. The Morgan fingerprint density at radius 2 is 1.85 bits per heavy atom. The number of amides is 1. The summed E-state index contributed by atoms with van der Waals surface area (Å²) in [5.74, 6) is 1.58. The van der Waals surface area contributed by atoms with Crippen molar-refractivity contribution in [2.75, 3.05) is 7.11 Å². The zero-order valence-corrected chi connectivity index (χ0v) is 15.4. The third-order valence-corrected chi connectivity index (χ3v) is 3.93. The highest BCUT2D eigenvalue weighted by Crippen LogP contribution is 2.26. The predicted octanol–water partition coefficient (Wildman–Crippen LogP) is 3.14. The van der Waals surface area contributed by atoms with Crippen LogP contribution in [0.2, 0.25) is 0 Å². The van der Waals surface area contributed by atoms with Crippen LogP contribution in [0, 0.1) is 6.92 Å². The van der Waals surface area contributed by atoms with E-state index in [2.05, 4.69) is 15.5 Å². The molecule has 1 atom stereocenters. The van der Waals surface area contributed by atoms with Crippen LogP contribution in [0.25, 0.3) is 11.4 Å². The van der Waals surface area contributed by atoms with Gasteiger partial charge in [-0.05, 0) is 26.0 Å². The van der Waals surface area contributed by atoms with E-state index in [0.29, 0.717) is 23.2 Å². The van der Waals surface area contributed by atoms with Crippen molar-refractivity contribution in [1.82, 2.24) is 15.5 Å². The first-order valence-corrected chi connectivity index (χ1v) is 8.54. The molecule has 1 aromatic heterocycles. The van der Waals surface area contributed by atoms with Crippen molar-refractivity contribution in [3.05, 3.63) is 60.0 Å². The fraction of sp³-hybridized carbons (Fsp3) is 0.250. The monoisotopic (exact) mass is 367 g/mol. The van der Waals surface area contributed by atoms with E-state index in [1.807, 2.05) is 43.3 Å². The molecule has 0 saturated heterocycles. The Balaban J connectivity index is 1.56. The molecule has 1 amide bonds. The van der Waals surface area contributed by atoms with E-state index in [4.69, 9.17) is 14.0 Å². The Hall–Kier alpha value is -3.35. The van der Waals surface area contributed by atoms with Crippen LogP contribution in [0.5, 0.6) is 11.5 Å². The average Bonchev–Trinajstić information content (AvgIpc) is 3.16. The lowest BCUT2D eigenvalue weighted by molar-refractivity contribution is -0.127. The summed E-state index contributed by atoms with van der Waals surface area (Å²) in [4.78, 5) is 16.6. The lowest BCUT2D eigenvalue weighted by Gasteiger charge is -2.16. The molecule has 0 saturated carbocycles. The van der Waals surface area contributed by atoms with Gasteiger partial charge in [0, 0.05) is 5.56 Å². The smallest absolute Gasteiger partial charge is 0.261 e. The van der Waals surface area contributed by atoms with Crippen molar-refractivity contribution >= 4 is 5.91 Å². The molecule has 3 aromatic rings. The summed E-state index contributed by atoms with van der Waals surface area (Å²) >= 11 is 0. The first kappa shape index (κ1) is 18.4. The number of ether oxygens (including phenoxy) is 2. The van der Waals surface area contributed by atoms with E-state index in [9.17, 15) is 4.79 Å². The fourth-order valence-electron chi connectivity index (χ4n) is 2.41. The molecule has 0 fully saturated rings. The quantitative estimate of drug-likeness (QED) is 0.690. The number of rotatable bonds is 7. The number of carbonyl (C=O) groups is 1. The van der Waals surface area contributed by atoms with Gasteiger partial charge in [0.2, 0.25) is 11.7 Å². The molecule has 0 radical (unpaired) electrons. The van der Waals surface area contributed by atoms with Gasteiger partial charge < -0.3 is 19.3 Å². The second-order valence-corrected chi connectivity index (χ2v) is 6.01. The van der Waals surface area contributed by atoms with Crippen molar-refractivity contribution in [3.63, 3.8) is 0 Å². The van der Waals surface area contributed by atoms with Gasteiger partial charge in [-0.2, -0.15) is 4.98 Å². The summed E-state index contributed by atoms with van der Waals surface area (Å²) in [5, 5.41) is 6.67. The van der Waals surface area contributed by atoms with Gasteiger partial charge in [0.05, 0.1) is 13.7 Å². The Labute approximate surface area is 157 Å². The number of methoxy groups -OCH3 is 1. The normalized spacial score (nSPS) is 11.7. The molecular formula is C20H21N3O4. The number of aryl methyl sites for hydroxylation is 1. The second kappa shape index (κ2) is 8.35. The van der Waals surface area contributed by atoms with Crippen LogP contribution in [-0.2, 0) is 11.3 Å². The number of hydrogen-bond acceptors (Lipinski definition) is 6. The first-order chi connectivity index (χ1) is 13.1. The number of benzene rings is 2. The molecule has 0 aliphatic rings. The molecule has 1 heterocycles. The van der Waals surface area contributed by atoms with E-state index in [1.165, 1.54) is 0 Å². The molecule has 1 N–H and O–H groups in total. The molecule has 0 aliphatic carbocycles. The number of aromatic nitrogens is 2. The Kier molecular flexibility index (Phi) is 5.71. The highest BCUT2D eigenvalue weighted by Gasteiger charge is 2.17. The minimum atomic E-state index is -0.708. The van der Waals surface area contributed by atoms with E-state index in [-0.39, 0.29) is 12.5 Å². The largest absolute Gasteiger partial charge is 0.493 e. The van der Waals surface area contributed by atoms with Gasteiger partial charge in [0.15, 0.2) is 17.6 Å². The predicted molar refractivity (Wildman–Crippen MR) is 99.4 cm³/mol. The van der Waals surface area contributed by atoms with Gasteiger partial charge >= 0.3 is 0 Å². The maximum atomic E-state index is 12.3. The van der Waals surface area contributed by atoms with Crippen molar-refractivity contribution in [2.24, 2.45) is 0 Å². The number of nitrogens with zero attached hydrogens (tertiary/aromatic N) is 2. The van der Waals surface area contributed by atoms with Gasteiger partial charge in [-0.3, -0.25) is 4.79 Å².